The van der Waals surface area contributed by atoms with Crippen LogP contribution >= 0.6 is 0 Å². The summed E-state index contributed by atoms with van der Waals surface area (Å²) in [5.41, 5.74) is 2.73. The number of aromatic nitrogens is 2. The van der Waals surface area contributed by atoms with Crippen LogP contribution in [0.15, 0.2) is 17.8 Å². The highest BCUT2D eigenvalue weighted by molar-refractivity contribution is 5.95. The molecule has 1 aliphatic rings. The first kappa shape index (κ1) is 11.8. The van der Waals surface area contributed by atoms with Gasteiger partial charge in [0.05, 0.1) is 11.3 Å². The normalized spacial score (nSPS) is 15.7. The van der Waals surface area contributed by atoms with Gasteiger partial charge in [-0.25, -0.2) is 9.97 Å². The number of hydrogen-bond acceptors (Lipinski definition) is 3. The molecule has 1 aromatic rings. The monoisotopic (exact) mass is 231 g/mol. The molecule has 4 heteroatoms. The largest absolute Gasteiger partial charge is 0.334 e. The van der Waals surface area contributed by atoms with E-state index in [1.54, 1.807) is 6.20 Å². The van der Waals surface area contributed by atoms with Gasteiger partial charge in [0.25, 0.3) is 5.91 Å². The summed E-state index contributed by atoms with van der Waals surface area (Å²) in [4.78, 5) is 22.4. The highest BCUT2D eigenvalue weighted by Gasteiger charge is 2.19. The van der Waals surface area contributed by atoms with Gasteiger partial charge in [0.15, 0.2) is 0 Å². The molecule has 0 radical (unpaired) electrons. The Balaban J connectivity index is 2.20. The molecular formula is C13H17N3O. The van der Waals surface area contributed by atoms with Crippen molar-refractivity contribution in [3.63, 3.8) is 0 Å². The van der Waals surface area contributed by atoms with Gasteiger partial charge in [-0.2, -0.15) is 0 Å². The highest BCUT2D eigenvalue weighted by atomic mass is 16.2. The lowest BCUT2D eigenvalue weighted by Crippen LogP contribution is -2.35. The van der Waals surface area contributed by atoms with Crippen LogP contribution < -0.4 is 0 Å². The van der Waals surface area contributed by atoms with Gasteiger partial charge in [0, 0.05) is 19.3 Å². The lowest BCUT2D eigenvalue weighted by Gasteiger charge is -2.25. The minimum absolute atomic E-state index is 0.0336. The van der Waals surface area contributed by atoms with E-state index >= 15 is 0 Å². The van der Waals surface area contributed by atoms with Crippen LogP contribution in [0.3, 0.4) is 0 Å². The van der Waals surface area contributed by atoms with E-state index < -0.39 is 0 Å². The van der Waals surface area contributed by atoms with Crippen molar-refractivity contribution in [1.29, 1.82) is 0 Å². The second-order valence-corrected chi connectivity index (χ2v) is 4.47. The van der Waals surface area contributed by atoms with Crippen LogP contribution in [0.25, 0.3) is 0 Å². The van der Waals surface area contributed by atoms with Gasteiger partial charge < -0.3 is 4.90 Å². The van der Waals surface area contributed by atoms with Gasteiger partial charge in [-0.05, 0) is 27.2 Å². The van der Waals surface area contributed by atoms with Crippen molar-refractivity contribution in [3.05, 3.63) is 34.9 Å². The van der Waals surface area contributed by atoms with Crippen molar-refractivity contribution in [2.75, 3.05) is 13.1 Å². The van der Waals surface area contributed by atoms with E-state index in [0.717, 1.165) is 18.7 Å². The van der Waals surface area contributed by atoms with Crippen LogP contribution in [0.4, 0.5) is 0 Å². The Hall–Kier alpha value is -1.71. The molecule has 0 saturated heterocycles. The van der Waals surface area contributed by atoms with Crippen LogP contribution in [-0.2, 0) is 0 Å². The summed E-state index contributed by atoms with van der Waals surface area (Å²) in [5, 5.41) is 0. The fourth-order valence-corrected chi connectivity index (χ4v) is 1.92. The molecule has 0 unspecified atom stereocenters. The van der Waals surface area contributed by atoms with Gasteiger partial charge in [-0.1, -0.05) is 11.6 Å². The molecule has 17 heavy (non-hydrogen) atoms. The first-order chi connectivity index (χ1) is 8.08. The van der Waals surface area contributed by atoms with Crippen LogP contribution in [-0.4, -0.2) is 33.9 Å². The van der Waals surface area contributed by atoms with Crippen molar-refractivity contribution in [2.24, 2.45) is 0 Å². The zero-order valence-corrected chi connectivity index (χ0v) is 10.5. The second kappa shape index (κ2) is 4.65. The Morgan fingerprint density at radius 2 is 2.12 bits per heavy atom. The first-order valence-electron chi connectivity index (χ1n) is 5.83. The number of carbonyl (C=O) groups is 1. The molecule has 1 aliphatic heterocycles. The van der Waals surface area contributed by atoms with E-state index in [2.05, 4.69) is 23.0 Å². The highest BCUT2D eigenvalue weighted by Crippen LogP contribution is 2.14. The average molecular weight is 231 g/mol. The molecule has 0 spiro atoms. The van der Waals surface area contributed by atoms with Crippen molar-refractivity contribution in [3.8, 4) is 0 Å². The van der Waals surface area contributed by atoms with E-state index in [9.17, 15) is 4.79 Å². The molecule has 2 heterocycles. The topological polar surface area (TPSA) is 46.1 Å². The Kier molecular flexibility index (Phi) is 3.22. The fraction of sp³-hybridized carbons (Fsp3) is 0.462. The third kappa shape index (κ3) is 2.52. The molecule has 90 valence electrons. The molecule has 1 amide bonds. The van der Waals surface area contributed by atoms with Crippen molar-refractivity contribution in [1.82, 2.24) is 14.9 Å². The summed E-state index contributed by atoms with van der Waals surface area (Å²) in [7, 11) is 0. The van der Waals surface area contributed by atoms with E-state index in [1.807, 2.05) is 18.7 Å². The van der Waals surface area contributed by atoms with Gasteiger partial charge in [-0.15, -0.1) is 0 Å². The second-order valence-electron chi connectivity index (χ2n) is 4.47. The Morgan fingerprint density at radius 1 is 1.35 bits per heavy atom. The van der Waals surface area contributed by atoms with Crippen LogP contribution in [0, 0.1) is 13.8 Å². The molecule has 1 aromatic heterocycles. The molecule has 0 aromatic carbocycles. The predicted octanol–water partition coefficient (Wildman–Crippen LogP) is 1.89. The Bertz CT molecular complexity index is 480. The SMILES string of the molecule is CC1=CCN(C(=O)c2cnc(C)nc2C)CC1. The predicted molar refractivity (Wildman–Crippen MR) is 65.8 cm³/mol. The Morgan fingerprint density at radius 3 is 2.71 bits per heavy atom. The lowest BCUT2D eigenvalue weighted by molar-refractivity contribution is 0.0767. The number of amides is 1. The number of hydrogen-bond donors (Lipinski definition) is 0. The van der Waals surface area contributed by atoms with Crippen LogP contribution in [0.1, 0.15) is 35.2 Å². The van der Waals surface area contributed by atoms with Crippen molar-refractivity contribution < 1.29 is 4.79 Å². The average Bonchev–Trinajstić information content (AvgIpc) is 2.29. The first-order valence-corrected chi connectivity index (χ1v) is 5.83. The maximum atomic E-state index is 12.3. The number of carbonyl (C=O) groups excluding carboxylic acids is 1. The molecule has 0 fully saturated rings. The minimum Gasteiger partial charge on any atom is -0.334 e. The number of aryl methyl sites for hydroxylation is 2. The lowest BCUT2D eigenvalue weighted by atomic mass is 10.1. The molecule has 0 atom stereocenters. The van der Waals surface area contributed by atoms with Gasteiger partial charge in [0.2, 0.25) is 0 Å². The van der Waals surface area contributed by atoms with E-state index in [0.29, 0.717) is 17.9 Å². The molecular weight excluding hydrogens is 214 g/mol. The third-order valence-electron chi connectivity index (χ3n) is 3.05. The van der Waals surface area contributed by atoms with Crippen molar-refractivity contribution >= 4 is 5.91 Å². The summed E-state index contributed by atoms with van der Waals surface area (Å²) in [6, 6.07) is 0. The maximum Gasteiger partial charge on any atom is 0.257 e. The maximum absolute atomic E-state index is 12.3. The zero-order valence-electron chi connectivity index (χ0n) is 10.5. The van der Waals surface area contributed by atoms with Gasteiger partial charge >= 0.3 is 0 Å². The molecule has 0 saturated carbocycles. The van der Waals surface area contributed by atoms with Gasteiger partial charge in [-0.3, -0.25) is 4.79 Å². The quantitative estimate of drug-likeness (QED) is 0.693. The zero-order chi connectivity index (χ0) is 12.4. The number of rotatable bonds is 1. The third-order valence-corrected chi connectivity index (χ3v) is 3.05. The summed E-state index contributed by atoms with van der Waals surface area (Å²) in [6.07, 6.45) is 4.69. The van der Waals surface area contributed by atoms with Gasteiger partial charge in [0.1, 0.15) is 5.82 Å². The van der Waals surface area contributed by atoms with E-state index in [1.165, 1.54) is 5.57 Å². The fourth-order valence-electron chi connectivity index (χ4n) is 1.92. The van der Waals surface area contributed by atoms with Crippen LogP contribution in [0.5, 0.6) is 0 Å². The van der Waals surface area contributed by atoms with E-state index in [-0.39, 0.29) is 5.91 Å². The van der Waals surface area contributed by atoms with Crippen molar-refractivity contribution in [2.45, 2.75) is 27.2 Å². The molecule has 0 N–H and O–H groups in total. The Labute approximate surface area is 101 Å². The smallest absolute Gasteiger partial charge is 0.257 e. The summed E-state index contributed by atoms with van der Waals surface area (Å²) in [5.74, 6) is 0.736. The molecule has 0 aliphatic carbocycles. The van der Waals surface area contributed by atoms with E-state index in [4.69, 9.17) is 0 Å². The minimum atomic E-state index is 0.0336. The summed E-state index contributed by atoms with van der Waals surface area (Å²) in [6.45, 7) is 7.26. The van der Waals surface area contributed by atoms with Crippen LogP contribution in [0.2, 0.25) is 0 Å². The molecule has 0 bridgehead atoms. The standard InChI is InChI=1S/C13H17N3O/c1-9-4-6-16(7-5-9)13(17)12-8-14-11(3)15-10(12)2/h4,8H,5-7H2,1-3H3. The summed E-state index contributed by atoms with van der Waals surface area (Å²) >= 11 is 0. The summed E-state index contributed by atoms with van der Waals surface area (Å²) < 4.78 is 0. The molecule has 2 rings (SSSR count). The number of nitrogens with zero attached hydrogens (tertiary/aromatic N) is 3. The molecule has 4 nitrogen and oxygen atoms in total.